The van der Waals surface area contributed by atoms with Crippen molar-refractivity contribution in [2.24, 2.45) is 5.92 Å². The van der Waals surface area contributed by atoms with Crippen molar-refractivity contribution in [1.29, 1.82) is 0 Å². The normalized spacial score (nSPS) is 18.6. The average Bonchev–Trinajstić information content (AvgIpc) is 3.24. The molecule has 142 valence electrons. The van der Waals surface area contributed by atoms with Gasteiger partial charge in [-0.1, -0.05) is 18.9 Å². The van der Waals surface area contributed by atoms with E-state index in [1.807, 2.05) is 31.3 Å². The number of anilines is 2. The minimum atomic E-state index is 0.276. The highest BCUT2D eigenvalue weighted by atomic mass is 16.2. The van der Waals surface area contributed by atoms with Gasteiger partial charge < -0.3 is 10.2 Å². The Kier molecular flexibility index (Phi) is 5.32. The van der Waals surface area contributed by atoms with Crippen LogP contribution >= 0.6 is 0 Å². The summed E-state index contributed by atoms with van der Waals surface area (Å²) in [4.78, 5) is 28.0. The molecule has 2 aromatic rings. The van der Waals surface area contributed by atoms with Gasteiger partial charge in [0, 0.05) is 43.0 Å². The van der Waals surface area contributed by atoms with Crippen LogP contribution in [0.3, 0.4) is 0 Å². The van der Waals surface area contributed by atoms with Gasteiger partial charge in [-0.2, -0.15) is 0 Å². The van der Waals surface area contributed by atoms with Crippen LogP contribution in [0.4, 0.5) is 11.8 Å². The van der Waals surface area contributed by atoms with E-state index in [2.05, 4.69) is 20.2 Å². The molecule has 1 amide bonds. The van der Waals surface area contributed by atoms with Gasteiger partial charge in [0.05, 0.1) is 0 Å². The summed E-state index contributed by atoms with van der Waals surface area (Å²) in [6.45, 7) is 3.69. The lowest BCUT2D eigenvalue weighted by Crippen LogP contribution is -2.40. The first-order valence-corrected chi connectivity index (χ1v) is 10.0. The number of hydrogen-bond donors (Lipinski definition) is 1. The molecule has 2 aliphatic rings. The number of likely N-dealkylation sites (tertiary alicyclic amines) is 1. The molecule has 0 bridgehead atoms. The number of aryl methyl sites for hydroxylation is 1. The van der Waals surface area contributed by atoms with E-state index in [9.17, 15) is 4.79 Å². The second kappa shape index (κ2) is 8.03. The maximum Gasteiger partial charge on any atom is 0.228 e. The first-order chi connectivity index (χ1) is 13.2. The Labute approximate surface area is 160 Å². The molecule has 1 saturated heterocycles. The van der Waals surface area contributed by atoms with E-state index in [0.717, 1.165) is 55.8 Å². The number of rotatable bonds is 4. The molecule has 4 rings (SSSR count). The molecular formula is C21H27N5O. The molecule has 6 heteroatoms. The molecule has 2 aromatic heterocycles. The van der Waals surface area contributed by atoms with Crippen molar-refractivity contribution in [3.05, 3.63) is 41.9 Å². The van der Waals surface area contributed by atoms with Gasteiger partial charge in [-0.25, -0.2) is 15.0 Å². The molecular weight excluding hydrogens is 338 g/mol. The van der Waals surface area contributed by atoms with Crippen molar-refractivity contribution in [2.45, 2.75) is 51.4 Å². The lowest BCUT2D eigenvalue weighted by molar-refractivity contribution is -0.136. The Balaban J connectivity index is 1.37. The summed E-state index contributed by atoms with van der Waals surface area (Å²) in [7, 11) is 0. The largest absolute Gasteiger partial charge is 0.342 e. The number of nitrogens with zero attached hydrogens (tertiary/aromatic N) is 4. The van der Waals surface area contributed by atoms with E-state index in [-0.39, 0.29) is 5.92 Å². The third-order valence-electron chi connectivity index (χ3n) is 5.76. The third kappa shape index (κ3) is 4.26. The zero-order valence-electron chi connectivity index (χ0n) is 15.9. The van der Waals surface area contributed by atoms with E-state index >= 15 is 0 Å². The van der Waals surface area contributed by atoms with Crippen molar-refractivity contribution < 1.29 is 4.79 Å². The van der Waals surface area contributed by atoms with E-state index in [1.165, 1.54) is 12.8 Å². The number of piperidine rings is 1. The first-order valence-electron chi connectivity index (χ1n) is 10.0. The van der Waals surface area contributed by atoms with Gasteiger partial charge in [0.2, 0.25) is 11.9 Å². The second-order valence-corrected chi connectivity index (χ2v) is 7.73. The minimum Gasteiger partial charge on any atom is -0.342 e. The van der Waals surface area contributed by atoms with Gasteiger partial charge >= 0.3 is 0 Å². The molecule has 6 nitrogen and oxygen atoms in total. The van der Waals surface area contributed by atoms with Gasteiger partial charge in [-0.15, -0.1) is 0 Å². The molecule has 0 radical (unpaired) electrons. The van der Waals surface area contributed by atoms with Crippen LogP contribution in [0.5, 0.6) is 0 Å². The van der Waals surface area contributed by atoms with Crippen LogP contribution in [0.2, 0.25) is 0 Å². The van der Waals surface area contributed by atoms with E-state index < -0.39 is 0 Å². The van der Waals surface area contributed by atoms with Crippen LogP contribution in [0.15, 0.2) is 30.6 Å². The SMILES string of the molecule is Cc1ccc(Nc2nccc(C3CCN(C(=O)C4CCCC4)CC3)n2)nc1. The van der Waals surface area contributed by atoms with Crippen molar-refractivity contribution >= 4 is 17.7 Å². The monoisotopic (exact) mass is 365 g/mol. The zero-order chi connectivity index (χ0) is 18.6. The van der Waals surface area contributed by atoms with E-state index in [1.54, 1.807) is 6.20 Å². The van der Waals surface area contributed by atoms with Gasteiger partial charge in [0.25, 0.3) is 0 Å². The lowest BCUT2D eigenvalue weighted by Gasteiger charge is -2.33. The number of aromatic nitrogens is 3. The first kappa shape index (κ1) is 17.9. The zero-order valence-corrected chi connectivity index (χ0v) is 15.9. The third-order valence-corrected chi connectivity index (χ3v) is 5.76. The summed E-state index contributed by atoms with van der Waals surface area (Å²) in [6.07, 6.45) is 10.1. The molecule has 1 saturated carbocycles. The Hall–Kier alpha value is -2.50. The number of amides is 1. The van der Waals surface area contributed by atoms with Crippen molar-refractivity contribution in [3.8, 4) is 0 Å². The summed E-state index contributed by atoms with van der Waals surface area (Å²) in [6, 6.07) is 5.93. The summed E-state index contributed by atoms with van der Waals surface area (Å²) < 4.78 is 0. The van der Waals surface area contributed by atoms with Gasteiger partial charge in [0.1, 0.15) is 5.82 Å². The fourth-order valence-corrected chi connectivity index (χ4v) is 4.14. The predicted octanol–water partition coefficient (Wildman–Crippen LogP) is 3.82. The van der Waals surface area contributed by atoms with Gasteiger partial charge in [0.15, 0.2) is 0 Å². The van der Waals surface area contributed by atoms with Crippen molar-refractivity contribution in [1.82, 2.24) is 19.9 Å². The fraction of sp³-hybridized carbons (Fsp3) is 0.524. The molecule has 0 aromatic carbocycles. The summed E-state index contributed by atoms with van der Waals surface area (Å²) >= 11 is 0. The van der Waals surface area contributed by atoms with Gasteiger partial charge in [-0.3, -0.25) is 4.79 Å². The summed E-state index contributed by atoms with van der Waals surface area (Å²) in [5, 5.41) is 3.18. The molecule has 3 heterocycles. The minimum absolute atomic E-state index is 0.276. The molecule has 27 heavy (non-hydrogen) atoms. The number of hydrogen-bond acceptors (Lipinski definition) is 5. The second-order valence-electron chi connectivity index (χ2n) is 7.73. The van der Waals surface area contributed by atoms with Crippen LogP contribution in [0.25, 0.3) is 0 Å². The average molecular weight is 365 g/mol. The number of carbonyl (C=O) groups excluding carboxylic acids is 1. The predicted molar refractivity (Wildman–Crippen MR) is 105 cm³/mol. The standard InChI is InChI=1S/C21H27N5O/c1-15-6-7-19(23-14-15)25-21-22-11-8-18(24-21)16-9-12-26(13-10-16)20(27)17-4-2-3-5-17/h6-8,11,14,16-17H,2-5,9-10,12-13H2,1H3,(H,22,23,24,25). The molecule has 1 aliphatic carbocycles. The molecule has 0 unspecified atom stereocenters. The number of pyridine rings is 1. The van der Waals surface area contributed by atoms with Crippen LogP contribution in [-0.4, -0.2) is 38.8 Å². The quantitative estimate of drug-likeness (QED) is 0.892. The van der Waals surface area contributed by atoms with E-state index in [4.69, 9.17) is 4.98 Å². The van der Waals surface area contributed by atoms with Crippen LogP contribution in [0, 0.1) is 12.8 Å². The smallest absolute Gasteiger partial charge is 0.228 e. The van der Waals surface area contributed by atoms with Gasteiger partial charge in [-0.05, 0) is 50.3 Å². The maximum absolute atomic E-state index is 12.6. The number of nitrogens with one attached hydrogen (secondary N) is 1. The number of carbonyl (C=O) groups is 1. The highest BCUT2D eigenvalue weighted by Crippen LogP contribution is 2.31. The molecule has 0 spiro atoms. The highest BCUT2D eigenvalue weighted by molar-refractivity contribution is 5.79. The van der Waals surface area contributed by atoms with Crippen LogP contribution in [0.1, 0.15) is 55.7 Å². The summed E-state index contributed by atoms with van der Waals surface area (Å²) in [5.74, 6) is 2.36. The highest BCUT2D eigenvalue weighted by Gasteiger charge is 2.30. The molecule has 2 fully saturated rings. The molecule has 0 atom stereocenters. The van der Waals surface area contributed by atoms with Crippen LogP contribution < -0.4 is 5.32 Å². The maximum atomic E-state index is 12.6. The Morgan fingerprint density at radius 2 is 1.85 bits per heavy atom. The lowest BCUT2D eigenvalue weighted by atomic mass is 9.92. The Bertz CT molecular complexity index is 777. The van der Waals surface area contributed by atoms with E-state index in [0.29, 0.717) is 17.8 Å². The molecule has 1 N–H and O–H groups in total. The molecule has 1 aliphatic heterocycles. The fourth-order valence-electron chi connectivity index (χ4n) is 4.14. The van der Waals surface area contributed by atoms with Crippen LogP contribution in [-0.2, 0) is 4.79 Å². The topological polar surface area (TPSA) is 71.0 Å². The summed E-state index contributed by atoms with van der Waals surface area (Å²) in [5.41, 5.74) is 2.17. The Morgan fingerprint density at radius 3 is 2.56 bits per heavy atom. The van der Waals surface area contributed by atoms with Crippen molar-refractivity contribution in [3.63, 3.8) is 0 Å². The Morgan fingerprint density at radius 1 is 1.07 bits per heavy atom. The van der Waals surface area contributed by atoms with Crippen molar-refractivity contribution in [2.75, 3.05) is 18.4 Å².